The van der Waals surface area contributed by atoms with Crippen molar-refractivity contribution in [2.45, 2.75) is 19.5 Å². The minimum Gasteiger partial charge on any atom is -0.348 e. The normalized spacial score (nSPS) is 12.7. The molecule has 1 amide bonds. The van der Waals surface area contributed by atoms with E-state index in [1.165, 1.54) is 10.4 Å². The van der Waals surface area contributed by atoms with Crippen LogP contribution in [0.4, 0.5) is 0 Å². The first kappa shape index (κ1) is 22.5. The highest BCUT2D eigenvalue weighted by Gasteiger charge is 2.23. The number of amides is 1. The number of nitrogens with one attached hydrogen (secondary N) is 1. The van der Waals surface area contributed by atoms with Gasteiger partial charge in [0.15, 0.2) is 0 Å². The van der Waals surface area contributed by atoms with Gasteiger partial charge in [-0.15, -0.1) is 0 Å². The summed E-state index contributed by atoms with van der Waals surface area (Å²) in [5.41, 5.74) is 2.54. The number of hydrogen-bond donors (Lipinski definition) is 1. The summed E-state index contributed by atoms with van der Waals surface area (Å²) >= 11 is 0. The maximum Gasteiger partial charge on any atom is 0.237 e. The van der Waals surface area contributed by atoms with Crippen LogP contribution in [-0.2, 0) is 21.4 Å². The molecule has 0 spiro atoms. The number of carbonyl (C=O) groups excluding carboxylic acids is 1. The van der Waals surface area contributed by atoms with E-state index >= 15 is 0 Å². The lowest BCUT2D eigenvalue weighted by Gasteiger charge is -2.22. The highest BCUT2D eigenvalue weighted by molar-refractivity contribution is 7.92. The van der Waals surface area contributed by atoms with Crippen LogP contribution in [0.5, 0.6) is 0 Å². The number of nitrogens with zero attached hydrogens (tertiary/aromatic N) is 1. The van der Waals surface area contributed by atoms with E-state index in [1.807, 2.05) is 97.9 Å². The van der Waals surface area contributed by atoms with Gasteiger partial charge in [-0.3, -0.25) is 4.79 Å². The molecule has 0 saturated heterocycles. The van der Waals surface area contributed by atoms with Crippen molar-refractivity contribution < 1.29 is 13.2 Å². The molecule has 3 aromatic carbocycles. The molecular formula is C25H26N2O3S. The largest absolute Gasteiger partial charge is 0.348 e. The van der Waals surface area contributed by atoms with E-state index in [4.69, 9.17) is 0 Å². The summed E-state index contributed by atoms with van der Waals surface area (Å²) < 4.78 is 27.3. The lowest BCUT2D eigenvalue weighted by Crippen LogP contribution is -2.40. The van der Waals surface area contributed by atoms with Crippen molar-refractivity contribution in [3.63, 3.8) is 0 Å². The van der Waals surface area contributed by atoms with Gasteiger partial charge in [-0.2, -0.15) is 4.31 Å². The monoisotopic (exact) mass is 434 g/mol. The fourth-order valence-corrected chi connectivity index (χ4v) is 4.24. The molecule has 6 heteroatoms. The highest BCUT2D eigenvalue weighted by Crippen LogP contribution is 2.15. The van der Waals surface area contributed by atoms with Crippen molar-refractivity contribution in [1.82, 2.24) is 9.62 Å². The molecule has 0 aliphatic heterocycles. The second-order valence-corrected chi connectivity index (χ2v) is 9.03. The molecule has 0 fully saturated rings. The van der Waals surface area contributed by atoms with E-state index in [0.717, 1.165) is 22.1 Å². The molecule has 3 rings (SSSR count). The average molecular weight is 435 g/mol. The first-order valence-corrected chi connectivity index (χ1v) is 11.6. The van der Waals surface area contributed by atoms with Crippen molar-refractivity contribution in [3.8, 4) is 0 Å². The van der Waals surface area contributed by atoms with E-state index in [2.05, 4.69) is 5.32 Å². The predicted molar refractivity (Wildman–Crippen MR) is 124 cm³/mol. The van der Waals surface area contributed by atoms with Crippen molar-refractivity contribution >= 4 is 22.0 Å². The molecule has 160 valence electrons. The Labute approximate surface area is 184 Å². The van der Waals surface area contributed by atoms with Crippen LogP contribution >= 0.6 is 0 Å². The summed E-state index contributed by atoms with van der Waals surface area (Å²) in [5, 5.41) is 4.04. The number of carbonyl (C=O) groups is 1. The van der Waals surface area contributed by atoms with Crippen LogP contribution in [0.15, 0.2) is 96.4 Å². The second-order valence-electron chi connectivity index (χ2n) is 7.21. The van der Waals surface area contributed by atoms with Crippen molar-refractivity contribution in [3.05, 3.63) is 113 Å². The van der Waals surface area contributed by atoms with E-state index < -0.39 is 10.0 Å². The van der Waals surface area contributed by atoms with Crippen LogP contribution in [-0.4, -0.2) is 25.2 Å². The van der Waals surface area contributed by atoms with Crippen LogP contribution in [0.3, 0.4) is 0 Å². The van der Waals surface area contributed by atoms with Gasteiger partial charge in [-0.25, -0.2) is 8.42 Å². The molecule has 0 bridgehead atoms. The SMILES string of the molecule is CC(NC(=O)CN(Cc1ccccc1)S(=O)(=O)/C=C/c1ccccc1)c1ccccc1. The molecule has 0 heterocycles. The molecular weight excluding hydrogens is 408 g/mol. The molecule has 0 saturated carbocycles. The molecule has 0 aromatic heterocycles. The number of rotatable bonds is 9. The van der Waals surface area contributed by atoms with E-state index in [0.29, 0.717) is 0 Å². The van der Waals surface area contributed by atoms with E-state index in [9.17, 15) is 13.2 Å². The summed E-state index contributed by atoms with van der Waals surface area (Å²) in [7, 11) is -3.82. The van der Waals surface area contributed by atoms with Crippen LogP contribution in [0.2, 0.25) is 0 Å². The first-order valence-electron chi connectivity index (χ1n) is 10.1. The lowest BCUT2D eigenvalue weighted by atomic mass is 10.1. The van der Waals surface area contributed by atoms with Gasteiger partial charge >= 0.3 is 0 Å². The first-order chi connectivity index (χ1) is 14.9. The Hall–Kier alpha value is -3.22. The molecule has 5 nitrogen and oxygen atoms in total. The zero-order chi connectivity index (χ0) is 22.1. The van der Waals surface area contributed by atoms with Crippen molar-refractivity contribution in [2.75, 3.05) is 6.54 Å². The molecule has 0 aliphatic carbocycles. The van der Waals surface area contributed by atoms with Gasteiger partial charge in [0.05, 0.1) is 12.6 Å². The van der Waals surface area contributed by atoms with Crippen LogP contribution < -0.4 is 5.32 Å². The van der Waals surface area contributed by atoms with Crippen LogP contribution in [0, 0.1) is 0 Å². The van der Waals surface area contributed by atoms with E-state index in [1.54, 1.807) is 0 Å². The number of hydrogen-bond acceptors (Lipinski definition) is 3. The zero-order valence-electron chi connectivity index (χ0n) is 17.4. The van der Waals surface area contributed by atoms with Crippen LogP contribution in [0.25, 0.3) is 6.08 Å². The van der Waals surface area contributed by atoms with Gasteiger partial charge in [0.1, 0.15) is 0 Å². The summed E-state index contributed by atoms with van der Waals surface area (Å²) in [5.74, 6) is -0.357. The van der Waals surface area contributed by atoms with Gasteiger partial charge < -0.3 is 5.32 Å². The summed E-state index contributed by atoms with van der Waals surface area (Å²) in [6.07, 6.45) is 1.54. The Morgan fingerprint density at radius 1 is 0.903 bits per heavy atom. The fraction of sp³-hybridized carbons (Fsp3) is 0.160. The summed E-state index contributed by atoms with van der Waals surface area (Å²) in [6, 6.07) is 27.8. The van der Waals surface area contributed by atoms with Crippen LogP contribution in [0.1, 0.15) is 29.7 Å². The quantitative estimate of drug-likeness (QED) is 0.544. The zero-order valence-corrected chi connectivity index (χ0v) is 18.2. The third-order valence-corrected chi connectivity index (χ3v) is 6.25. The van der Waals surface area contributed by atoms with Crippen molar-refractivity contribution in [2.24, 2.45) is 0 Å². The Morgan fingerprint density at radius 2 is 1.45 bits per heavy atom. The van der Waals surface area contributed by atoms with Gasteiger partial charge in [0, 0.05) is 12.0 Å². The molecule has 1 atom stereocenters. The van der Waals surface area contributed by atoms with Gasteiger partial charge in [-0.05, 0) is 29.7 Å². The van der Waals surface area contributed by atoms with Gasteiger partial charge in [0.25, 0.3) is 0 Å². The number of benzene rings is 3. The molecule has 3 aromatic rings. The minimum absolute atomic E-state index is 0.107. The molecule has 0 radical (unpaired) electrons. The fourth-order valence-electron chi connectivity index (χ4n) is 3.11. The van der Waals surface area contributed by atoms with Gasteiger partial charge in [-0.1, -0.05) is 91.0 Å². The minimum atomic E-state index is -3.82. The third kappa shape index (κ3) is 6.91. The van der Waals surface area contributed by atoms with E-state index in [-0.39, 0.29) is 25.0 Å². The second kappa shape index (κ2) is 10.7. The molecule has 1 N–H and O–H groups in total. The summed E-state index contributed by atoms with van der Waals surface area (Å²) in [6.45, 7) is 1.71. The maximum atomic E-state index is 13.1. The van der Waals surface area contributed by atoms with Crippen molar-refractivity contribution in [1.29, 1.82) is 0 Å². The Bertz CT molecular complexity index is 1100. The standard InChI is InChI=1S/C25H26N2O3S/c1-21(24-15-9-4-10-16-24)26-25(28)20-27(19-23-13-7-3-8-14-23)31(29,30)18-17-22-11-5-2-6-12-22/h2-18,21H,19-20H2,1H3,(H,26,28)/b18-17+. The molecule has 1 unspecified atom stereocenters. The summed E-state index contributed by atoms with van der Waals surface area (Å²) in [4.78, 5) is 12.7. The molecule has 31 heavy (non-hydrogen) atoms. The Morgan fingerprint density at radius 3 is 2.06 bits per heavy atom. The lowest BCUT2D eigenvalue weighted by molar-refractivity contribution is -0.122. The predicted octanol–water partition coefficient (Wildman–Crippen LogP) is 4.37. The molecule has 0 aliphatic rings. The Balaban J connectivity index is 1.77. The van der Waals surface area contributed by atoms with Gasteiger partial charge in [0.2, 0.25) is 15.9 Å². The maximum absolute atomic E-state index is 13.1. The highest BCUT2D eigenvalue weighted by atomic mass is 32.2. The third-order valence-electron chi connectivity index (χ3n) is 4.79. The smallest absolute Gasteiger partial charge is 0.237 e. The average Bonchev–Trinajstić information content (AvgIpc) is 2.79. The Kier molecular flexibility index (Phi) is 7.76. The topological polar surface area (TPSA) is 66.5 Å². The number of sulfonamides is 1.